The second-order valence-corrected chi connectivity index (χ2v) is 17.7. The molecule has 5 aromatic rings. The van der Waals surface area contributed by atoms with Gasteiger partial charge in [0.15, 0.2) is 0 Å². The van der Waals surface area contributed by atoms with E-state index in [1.165, 1.54) is 14.2 Å². The number of benzene rings is 3. The number of carbonyl (C=O) groups excluding carboxylic acids is 4. The van der Waals surface area contributed by atoms with Crippen molar-refractivity contribution in [1.82, 2.24) is 40.4 Å². The summed E-state index contributed by atoms with van der Waals surface area (Å²) in [7, 11) is 2.59. The molecular formula is C46H56N8O7. The third-order valence-corrected chi connectivity index (χ3v) is 13.1. The molecule has 2 fully saturated rings. The number of ether oxygens (including phenoxy) is 3. The fourth-order valence-electron chi connectivity index (χ4n) is 9.44. The van der Waals surface area contributed by atoms with E-state index < -0.39 is 24.3 Å². The first-order valence-electron chi connectivity index (χ1n) is 21.3. The van der Waals surface area contributed by atoms with E-state index in [0.717, 1.165) is 68.3 Å². The molecule has 15 nitrogen and oxygen atoms in total. The maximum atomic E-state index is 14.0. The Balaban J connectivity index is 1.05. The van der Waals surface area contributed by atoms with Gasteiger partial charge in [0.2, 0.25) is 11.8 Å². The SMILES string of the molecule is COC(=O)N[C@H](C(=O)N1C[C@@H](C)[C@@H](C)[C@H]1c1ncc(-c2ccc3c(c2)COc2cc4c(ccc5[nH]c([C@@H]6CC[C@H](C)N6C(=O)[C@@H](NC(=O)OC)C(C)C)nc54)cc2-3)[nH]1)C(C)C. The van der Waals surface area contributed by atoms with Crippen LogP contribution in [0.2, 0.25) is 0 Å². The molecule has 2 saturated heterocycles. The molecule has 4 amide bonds. The molecular weight excluding hydrogens is 777 g/mol. The molecule has 3 aromatic carbocycles. The number of hydrogen-bond acceptors (Lipinski definition) is 9. The van der Waals surface area contributed by atoms with Gasteiger partial charge < -0.3 is 44.6 Å². The van der Waals surface area contributed by atoms with Gasteiger partial charge in [-0.15, -0.1) is 0 Å². The number of amides is 4. The van der Waals surface area contributed by atoms with Crippen LogP contribution in [0.1, 0.15) is 90.6 Å². The highest BCUT2D eigenvalue weighted by Crippen LogP contribution is 2.45. The molecule has 8 rings (SSSR count). The first-order chi connectivity index (χ1) is 29.2. The standard InChI is InChI=1S/C46H56N8O7/c1-22(2)37(51-45(57)59-8)43(55)53-20-24(5)26(7)40(53)42-47-19-34(49-42)28-11-13-30-29(16-28)21-61-36-18-31-27(17-32(30)36)12-14-33-39(31)50-41(48-33)35-15-10-25(6)54(35)44(56)38(23(3)4)52-46(58)60-9/h11-14,16-19,22-26,35,37-38,40H,10,15,20-21H2,1-9H3,(H,47,49)(H,48,50)(H,51,57)(H,52,58)/t24-,25+,26-,35+,37+,38+,40+/m1/s1. The maximum absolute atomic E-state index is 14.0. The van der Waals surface area contributed by atoms with E-state index in [1.54, 1.807) is 0 Å². The largest absolute Gasteiger partial charge is 0.488 e. The molecule has 0 saturated carbocycles. The van der Waals surface area contributed by atoms with Crippen LogP contribution in [0.15, 0.2) is 48.7 Å². The van der Waals surface area contributed by atoms with Crippen LogP contribution in [-0.4, -0.2) is 92.6 Å². The number of hydrogen-bond donors (Lipinski definition) is 4. The lowest BCUT2D eigenvalue weighted by molar-refractivity contribution is -0.137. The Morgan fingerprint density at radius 2 is 1.54 bits per heavy atom. The third kappa shape index (κ3) is 7.52. The Bertz CT molecular complexity index is 2510. The molecule has 0 spiro atoms. The van der Waals surface area contributed by atoms with Gasteiger partial charge >= 0.3 is 12.2 Å². The van der Waals surface area contributed by atoms with Crippen LogP contribution in [0.3, 0.4) is 0 Å². The van der Waals surface area contributed by atoms with Crippen LogP contribution >= 0.6 is 0 Å². The van der Waals surface area contributed by atoms with Crippen molar-refractivity contribution >= 4 is 45.8 Å². The van der Waals surface area contributed by atoms with Crippen LogP contribution in [0, 0.1) is 23.7 Å². The quantitative estimate of drug-likeness (QED) is 0.116. The van der Waals surface area contributed by atoms with Gasteiger partial charge in [0.25, 0.3) is 0 Å². The number of nitrogens with zero attached hydrogens (tertiary/aromatic N) is 4. The number of aromatic nitrogens is 4. The molecule has 5 heterocycles. The summed E-state index contributed by atoms with van der Waals surface area (Å²) in [5, 5.41) is 7.43. The second kappa shape index (κ2) is 16.4. The summed E-state index contributed by atoms with van der Waals surface area (Å²) in [5.74, 6) is 1.98. The number of carbonyl (C=O) groups is 4. The lowest BCUT2D eigenvalue weighted by Gasteiger charge is -2.32. The van der Waals surface area contributed by atoms with Gasteiger partial charge in [0.05, 0.1) is 49.2 Å². The predicted octanol–water partition coefficient (Wildman–Crippen LogP) is 7.63. The summed E-state index contributed by atoms with van der Waals surface area (Å²) in [6.45, 7) is 14.9. The van der Waals surface area contributed by atoms with E-state index in [9.17, 15) is 19.2 Å². The van der Waals surface area contributed by atoms with Crippen molar-refractivity contribution in [2.45, 2.75) is 98.1 Å². The Morgan fingerprint density at radius 1 is 0.836 bits per heavy atom. The van der Waals surface area contributed by atoms with Gasteiger partial charge in [-0.25, -0.2) is 19.6 Å². The van der Waals surface area contributed by atoms with E-state index in [0.29, 0.717) is 24.8 Å². The van der Waals surface area contributed by atoms with Crippen molar-refractivity contribution in [3.05, 3.63) is 65.9 Å². The number of alkyl carbamates (subject to hydrolysis) is 2. The lowest BCUT2D eigenvalue weighted by Crippen LogP contribution is -2.52. The van der Waals surface area contributed by atoms with Crippen LogP contribution in [0.5, 0.6) is 5.75 Å². The normalized spacial score (nSPS) is 21.9. The minimum atomic E-state index is -0.727. The van der Waals surface area contributed by atoms with Crippen LogP contribution in [0.25, 0.3) is 44.2 Å². The highest BCUT2D eigenvalue weighted by Gasteiger charge is 2.45. The van der Waals surface area contributed by atoms with Crippen molar-refractivity contribution < 1.29 is 33.4 Å². The van der Waals surface area contributed by atoms with Crippen molar-refractivity contribution in [2.75, 3.05) is 20.8 Å². The first-order valence-corrected chi connectivity index (χ1v) is 21.3. The van der Waals surface area contributed by atoms with Gasteiger partial charge in [0, 0.05) is 23.5 Å². The summed E-state index contributed by atoms with van der Waals surface area (Å²) < 4.78 is 16.1. The number of fused-ring (bicyclic) bond motifs is 6. The van der Waals surface area contributed by atoms with E-state index in [4.69, 9.17) is 24.2 Å². The van der Waals surface area contributed by atoms with E-state index >= 15 is 0 Å². The minimum Gasteiger partial charge on any atom is -0.488 e. The number of H-pyrrole nitrogens is 2. The van der Waals surface area contributed by atoms with E-state index in [2.05, 4.69) is 70.8 Å². The number of likely N-dealkylation sites (tertiary alicyclic amines) is 2. The molecule has 15 heteroatoms. The van der Waals surface area contributed by atoms with Crippen LogP contribution in [-0.2, 0) is 25.7 Å². The molecule has 0 unspecified atom stereocenters. The molecule has 61 heavy (non-hydrogen) atoms. The first kappa shape index (κ1) is 41.6. The number of nitrogens with one attached hydrogen (secondary N) is 4. The van der Waals surface area contributed by atoms with Crippen LogP contribution < -0.4 is 15.4 Å². The average molecular weight is 833 g/mol. The fraction of sp³-hybridized carbons (Fsp3) is 0.478. The maximum Gasteiger partial charge on any atom is 0.407 e. The Hall–Kier alpha value is -6.12. The summed E-state index contributed by atoms with van der Waals surface area (Å²) in [4.78, 5) is 72.9. The van der Waals surface area contributed by atoms with Crippen molar-refractivity contribution in [2.24, 2.45) is 23.7 Å². The molecule has 0 radical (unpaired) electrons. The number of methoxy groups -OCH3 is 2. The zero-order chi connectivity index (χ0) is 43.4. The molecule has 4 N–H and O–H groups in total. The van der Waals surface area contributed by atoms with Gasteiger partial charge in [-0.05, 0) is 89.8 Å². The van der Waals surface area contributed by atoms with Gasteiger partial charge in [-0.2, -0.15) is 0 Å². The number of rotatable bonds is 9. The Labute approximate surface area is 355 Å². The van der Waals surface area contributed by atoms with Gasteiger partial charge in [-0.3, -0.25) is 9.59 Å². The third-order valence-electron chi connectivity index (χ3n) is 13.1. The lowest BCUT2D eigenvalue weighted by atomic mass is 9.92. The highest BCUT2D eigenvalue weighted by atomic mass is 16.5. The highest BCUT2D eigenvalue weighted by molar-refractivity contribution is 6.07. The monoisotopic (exact) mass is 832 g/mol. The number of imidazole rings is 2. The molecule has 3 aliphatic rings. The molecule has 0 aliphatic carbocycles. The second-order valence-electron chi connectivity index (χ2n) is 17.7. The molecule has 7 atom stereocenters. The Morgan fingerprint density at radius 3 is 2.23 bits per heavy atom. The summed E-state index contributed by atoms with van der Waals surface area (Å²) >= 11 is 0. The topological polar surface area (TPSA) is 184 Å². The Kier molecular flexibility index (Phi) is 11.2. The molecule has 3 aliphatic heterocycles. The average Bonchev–Trinajstić information content (AvgIpc) is 4.05. The van der Waals surface area contributed by atoms with E-state index in [-0.39, 0.29) is 53.6 Å². The van der Waals surface area contributed by atoms with E-state index in [1.807, 2.05) is 56.7 Å². The summed E-state index contributed by atoms with van der Waals surface area (Å²) in [5.41, 5.74) is 6.57. The summed E-state index contributed by atoms with van der Waals surface area (Å²) in [6.07, 6.45) is 2.12. The minimum absolute atomic E-state index is 0.0267. The molecule has 322 valence electrons. The summed E-state index contributed by atoms with van der Waals surface area (Å²) in [6, 6.07) is 12.6. The van der Waals surface area contributed by atoms with Crippen LogP contribution in [0.4, 0.5) is 9.59 Å². The van der Waals surface area contributed by atoms with Crippen molar-refractivity contribution in [3.63, 3.8) is 0 Å². The fourth-order valence-corrected chi connectivity index (χ4v) is 9.44. The smallest absolute Gasteiger partial charge is 0.407 e. The van der Waals surface area contributed by atoms with Gasteiger partial charge in [-0.1, -0.05) is 59.7 Å². The van der Waals surface area contributed by atoms with Gasteiger partial charge in [0.1, 0.15) is 36.1 Å². The molecule has 0 bridgehead atoms. The molecule has 2 aromatic heterocycles. The van der Waals surface area contributed by atoms with Crippen molar-refractivity contribution in [3.8, 4) is 28.1 Å². The zero-order valence-electron chi connectivity index (χ0n) is 36.3. The van der Waals surface area contributed by atoms with Crippen molar-refractivity contribution in [1.29, 1.82) is 0 Å². The predicted molar refractivity (Wildman–Crippen MR) is 230 cm³/mol. The number of aromatic amines is 2. The zero-order valence-corrected chi connectivity index (χ0v) is 36.3.